The number of carbonyl (C=O) groups excluding carboxylic acids is 1. The van der Waals surface area contributed by atoms with Crippen LogP contribution in [-0.2, 0) is 14.8 Å². The Kier molecular flexibility index (Phi) is 8.27. The first-order valence-electron chi connectivity index (χ1n) is 11.2. The van der Waals surface area contributed by atoms with Crippen molar-refractivity contribution in [2.75, 3.05) is 52.4 Å². The van der Waals surface area contributed by atoms with Crippen molar-refractivity contribution < 1.29 is 13.2 Å². The molecule has 0 unspecified atom stereocenters. The fourth-order valence-corrected chi connectivity index (χ4v) is 6.02. The SMILES string of the molecule is Cc1ccccc1S(=O)(=O)N(CCC(=O)N1CCNCC1)CCN1CCCC[C@H]1C. The fourth-order valence-electron chi connectivity index (χ4n) is 4.36. The third-order valence-electron chi connectivity index (χ3n) is 6.33. The molecular weight excluding hydrogens is 400 g/mol. The number of aryl methyl sites for hydroxylation is 1. The van der Waals surface area contributed by atoms with E-state index in [2.05, 4.69) is 17.1 Å². The van der Waals surface area contributed by atoms with Crippen LogP contribution < -0.4 is 5.32 Å². The van der Waals surface area contributed by atoms with Gasteiger partial charge in [-0.25, -0.2) is 8.42 Å². The maximum atomic E-state index is 13.5. The van der Waals surface area contributed by atoms with E-state index in [0.29, 0.717) is 37.1 Å². The van der Waals surface area contributed by atoms with Crippen molar-refractivity contribution >= 4 is 15.9 Å². The molecule has 7 nitrogen and oxygen atoms in total. The topological polar surface area (TPSA) is 73.0 Å². The molecule has 2 fully saturated rings. The van der Waals surface area contributed by atoms with E-state index >= 15 is 0 Å². The molecule has 2 heterocycles. The van der Waals surface area contributed by atoms with E-state index < -0.39 is 10.0 Å². The lowest BCUT2D eigenvalue weighted by atomic mass is 10.0. The Morgan fingerprint density at radius 1 is 1.13 bits per heavy atom. The molecule has 0 radical (unpaired) electrons. The Bertz CT molecular complexity index is 808. The Hall–Kier alpha value is -1.48. The van der Waals surface area contributed by atoms with Crippen LogP contribution in [0.4, 0.5) is 0 Å². The van der Waals surface area contributed by atoms with Gasteiger partial charge in [-0.1, -0.05) is 24.6 Å². The summed E-state index contributed by atoms with van der Waals surface area (Å²) in [5.41, 5.74) is 0.738. The molecule has 0 aliphatic carbocycles. The average molecular weight is 437 g/mol. The third kappa shape index (κ3) is 5.81. The molecule has 8 heteroatoms. The number of sulfonamides is 1. The Morgan fingerprint density at radius 2 is 1.87 bits per heavy atom. The first kappa shape index (κ1) is 23.2. The van der Waals surface area contributed by atoms with E-state index in [1.807, 2.05) is 24.0 Å². The molecule has 1 aromatic rings. The number of nitrogens with one attached hydrogen (secondary N) is 1. The van der Waals surface area contributed by atoms with Gasteiger partial charge in [-0.15, -0.1) is 0 Å². The Balaban J connectivity index is 1.72. The average Bonchev–Trinajstić information content (AvgIpc) is 2.75. The summed E-state index contributed by atoms with van der Waals surface area (Å²) in [7, 11) is -3.65. The van der Waals surface area contributed by atoms with Gasteiger partial charge in [-0.05, 0) is 44.9 Å². The molecule has 0 saturated carbocycles. The molecule has 2 saturated heterocycles. The Labute approximate surface area is 181 Å². The number of carbonyl (C=O) groups is 1. The molecule has 30 heavy (non-hydrogen) atoms. The predicted molar refractivity (Wildman–Crippen MR) is 119 cm³/mol. The highest BCUT2D eigenvalue weighted by Gasteiger charge is 2.29. The van der Waals surface area contributed by atoms with Crippen LogP contribution in [0.2, 0.25) is 0 Å². The van der Waals surface area contributed by atoms with Crippen LogP contribution in [0.25, 0.3) is 0 Å². The number of piperazine rings is 1. The van der Waals surface area contributed by atoms with E-state index in [4.69, 9.17) is 0 Å². The molecule has 0 aromatic heterocycles. The molecule has 1 amide bonds. The lowest BCUT2D eigenvalue weighted by molar-refractivity contribution is -0.131. The van der Waals surface area contributed by atoms with Gasteiger partial charge in [-0.2, -0.15) is 4.31 Å². The second-order valence-electron chi connectivity index (χ2n) is 8.43. The number of hydrogen-bond acceptors (Lipinski definition) is 5. The molecule has 0 spiro atoms. The van der Waals surface area contributed by atoms with Crippen LogP contribution >= 0.6 is 0 Å². The summed E-state index contributed by atoms with van der Waals surface area (Å²) in [6.07, 6.45) is 3.78. The molecular formula is C22H36N4O3S. The minimum absolute atomic E-state index is 0.0350. The minimum atomic E-state index is -3.65. The highest BCUT2D eigenvalue weighted by Crippen LogP contribution is 2.21. The van der Waals surface area contributed by atoms with Crippen LogP contribution in [0, 0.1) is 6.92 Å². The van der Waals surface area contributed by atoms with Crippen LogP contribution in [0.15, 0.2) is 29.2 Å². The first-order chi connectivity index (χ1) is 14.4. The highest BCUT2D eigenvalue weighted by molar-refractivity contribution is 7.89. The molecule has 0 bridgehead atoms. The number of nitrogens with zero attached hydrogens (tertiary/aromatic N) is 3. The highest BCUT2D eigenvalue weighted by atomic mass is 32.2. The van der Waals surface area contributed by atoms with E-state index in [-0.39, 0.29) is 18.9 Å². The van der Waals surface area contributed by atoms with Crippen molar-refractivity contribution in [2.45, 2.75) is 50.5 Å². The van der Waals surface area contributed by atoms with E-state index in [1.54, 1.807) is 12.1 Å². The number of rotatable bonds is 8. The van der Waals surface area contributed by atoms with E-state index in [0.717, 1.165) is 38.0 Å². The maximum absolute atomic E-state index is 13.5. The third-order valence-corrected chi connectivity index (χ3v) is 8.39. The van der Waals surface area contributed by atoms with Crippen molar-refractivity contribution in [1.29, 1.82) is 0 Å². The summed E-state index contributed by atoms with van der Waals surface area (Å²) in [6, 6.07) is 7.58. The lowest BCUT2D eigenvalue weighted by Crippen LogP contribution is -2.48. The van der Waals surface area contributed by atoms with Gasteiger partial charge in [0.2, 0.25) is 15.9 Å². The van der Waals surface area contributed by atoms with Crippen LogP contribution in [0.1, 0.15) is 38.2 Å². The summed E-state index contributed by atoms with van der Waals surface area (Å²) in [4.78, 5) is 17.2. The molecule has 1 atom stereocenters. The summed E-state index contributed by atoms with van der Waals surface area (Å²) in [5, 5.41) is 3.24. The zero-order chi connectivity index (χ0) is 21.6. The van der Waals surface area contributed by atoms with Crippen molar-refractivity contribution in [3.05, 3.63) is 29.8 Å². The Morgan fingerprint density at radius 3 is 2.57 bits per heavy atom. The summed E-state index contributed by atoms with van der Waals surface area (Å²) in [6.45, 7) is 9.36. The van der Waals surface area contributed by atoms with Gasteiger partial charge in [0.05, 0.1) is 4.90 Å². The number of piperidine rings is 1. The van der Waals surface area contributed by atoms with E-state index in [1.165, 1.54) is 10.7 Å². The molecule has 168 valence electrons. The molecule has 3 rings (SSSR count). The van der Waals surface area contributed by atoms with Crippen LogP contribution in [0.3, 0.4) is 0 Å². The largest absolute Gasteiger partial charge is 0.340 e. The van der Waals surface area contributed by atoms with Gasteiger partial charge < -0.3 is 10.2 Å². The molecule has 1 aromatic carbocycles. The van der Waals surface area contributed by atoms with Gasteiger partial charge >= 0.3 is 0 Å². The second-order valence-corrected chi connectivity index (χ2v) is 10.3. The van der Waals surface area contributed by atoms with Crippen molar-refractivity contribution in [3.63, 3.8) is 0 Å². The summed E-state index contributed by atoms with van der Waals surface area (Å²) < 4.78 is 28.5. The monoisotopic (exact) mass is 436 g/mol. The van der Waals surface area contributed by atoms with Crippen LogP contribution in [-0.4, -0.2) is 86.8 Å². The van der Waals surface area contributed by atoms with Gasteiger partial charge in [-0.3, -0.25) is 9.69 Å². The maximum Gasteiger partial charge on any atom is 0.243 e. The van der Waals surface area contributed by atoms with Gasteiger partial charge in [0.1, 0.15) is 0 Å². The zero-order valence-electron chi connectivity index (χ0n) is 18.3. The number of benzene rings is 1. The normalized spacial score (nSPS) is 21.2. The quantitative estimate of drug-likeness (QED) is 0.671. The predicted octanol–water partition coefficient (Wildman–Crippen LogP) is 1.68. The molecule has 2 aliphatic rings. The van der Waals surface area contributed by atoms with Gasteiger partial charge in [0.15, 0.2) is 0 Å². The first-order valence-corrected chi connectivity index (χ1v) is 12.6. The smallest absolute Gasteiger partial charge is 0.243 e. The minimum Gasteiger partial charge on any atom is -0.340 e. The molecule has 1 N–H and O–H groups in total. The zero-order valence-corrected chi connectivity index (χ0v) is 19.2. The number of likely N-dealkylation sites (tertiary alicyclic amines) is 1. The van der Waals surface area contributed by atoms with Crippen molar-refractivity contribution in [1.82, 2.24) is 19.4 Å². The standard InChI is InChI=1S/C22H36N4O3S/c1-19-7-3-4-9-21(19)30(28,29)26(18-17-24-13-6-5-8-20(24)2)14-10-22(27)25-15-11-23-12-16-25/h3-4,7,9,20,23H,5-6,8,10-18H2,1-2H3/t20-/m1/s1. The second kappa shape index (κ2) is 10.7. The molecule has 2 aliphatic heterocycles. The van der Waals surface area contributed by atoms with Crippen LogP contribution in [0.5, 0.6) is 0 Å². The number of hydrogen-bond donors (Lipinski definition) is 1. The lowest BCUT2D eigenvalue weighted by Gasteiger charge is -2.35. The number of amides is 1. The van der Waals surface area contributed by atoms with Gasteiger partial charge in [0.25, 0.3) is 0 Å². The van der Waals surface area contributed by atoms with E-state index in [9.17, 15) is 13.2 Å². The van der Waals surface area contributed by atoms with Crippen molar-refractivity contribution in [2.24, 2.45) is 0 Å². The summed E-state index contributed by atoms with van der Waals surface area (Å²) >= 11 is 0. The van der Waals surface area contributed by atoms with Crippen molar-refractivity contribution in [3.8, 4) is 0 Å². The fraction of sp³-hybridized carbons (Fsp3) is 0.682. The summed E-state index contributed by atoms with van der Waals surface area (Å²) in [5.74, 6) is 0.0350. The van der Waals surface area contributed by atoms with Gasteiger partial charge in [0, 0.05) is 58.3 Å².